The van der Waals surface area contributed by atoms with Gasteiger partial charge in [-0.3, -0.25) is 0 Å². The van der Waals surface area contributed by atoms with E-state index in [1.807, 2.05) is 0 Å². The fraction of sp³-hybridized carbons (Fsp3) is 0.909. The van der Waals surface area contributed by atoms with Gasteiger partial charge >= 0.3 is 5.97 Å². The first-order valence-electron chi connectivity index (χ1n) is 5.93. The van der Waals surface area contributed by atoms with E-state index in [1.165, 1.54) is 0 Å². The molecule has 0 amide bonds. The van der Waals surface area contributed by atoms with Crippen LogP contribution in [0, 0.1) is 11.8 Å². The molecule has 3 fully saturated rings. The van der Waals surface area contributed by atoms with Crippen LogP contribution in [0.4, 0.5) is 0 Å². The number of rotatable bonds is 4. The van der Waals surface area contributed by atoms with E-state index in [0.29, 0.717) is 18.6 Å². The second-order valence-electron chi connectivity index (χ2n) is 4.76. The standard InChI is InChI=1S/C11H16O4S/c12-11-9-6(5-14-11)10-8(4-7(9)15-10)13-2-1-3-16/h6-10,16H,1-5H2/p+2. The lowest BCUT2D eigenvalue weighted by Gasteiger charge is -2.20. The molecule has 90 valence electrons. The van der Waals surface area contributed by atoms with Crippen molar-refractivity contribution in [2.75, 3.05) is 19.0 Å². The van der Waals surface area contributed by atoms with Crippen LogP contribution < -0.4 is 0 Å². The average Bonchev–Trinajstić information content (AvgIpc) is 2.91. The molecule has 4 nitrogen and oxygen atoms in total. The Morgan fingerprint density at radius 2 is 2.38 bits per heavy atom. The van der Waals surface area contributed by atoms with Gasteiger partial charge in [0.2, 0.25) is 0 Å². The van der Waals surface area contributed by atoms with Gasteiger partial charge in [-0.05, 0) is 5.75 Å². The van der Waals surface area contributed by atoms with Gasteiger partial charge in [-0.15, -0.1) is 0 Å². The van der Waals surface area contributed by atoms with Crippen molar-refractivity contribution in [3.05, 3.63) is 0 Å². The van der Waals surface area contributed by atoms with Crippen LogP contribution in [0.1, 0.15) is 12.8 Å². The summed E-state index contributed by atoms with van der Waals surface area (Å²) in [7, 11) is 0. The molecule has 3 aliphatic heterocycles. The highest BCUT2D eigenvalue weighted by molar-refractivity contribution is 7.80. The third-order valence-electron chi connectivity index (χ3n) is 3.86. The summed E-state index contributed by atoms with van der Waals surface area (Å²) in [5.74, 6) is 1.51. The Morgan fingerprint density at radius 3 is 3.19 bits per heavy atom. The summed E-state index contributed by atoms with van der Waals surface area (Å²) in [5.41, 5.74) is 0. The number of aliphatic hydroxyl groups is 2. The number of hydrogen-bond acceptors (Lipinski definition) is 3. The number of hydrogen-bond donors (Lipinski definition) is 1. The zero-order chi connectivity index (χ0) is 11.1. The monoisotopic (exact) mass is 246 g/mol. The van der Waals surface area contributed by atoms with E-state index in [2.05, 4.69) is 17.4 Å². The maximum absolute atomic E-state index is 9.60. The van der Waals surface area contributed by atoms with Crippen molar-refractivity contribution in [2.24, 2.45) is 11.8 Å². The Hall–Kier alpha value is -0.260. The SMILES string of the molecule is [OH+]=C1OCC2C3OC(CC3[OH+]CCCS)C12. The molecule has 3 heterocycles. The van der Waals surface area contributed by atoms with E-state index in [-0.39, 0.29) is 24.1 Å². The fourth-order valence-corrected chi connectivity index (χ4v) is 3.28. The minimum atomic E-state index is 0.112. The minimum absolute atomic E-state index is 0.112. The molecule has 3 rings (SSSR count). The molecular weight excluding hydrogens is 228 g/mol. The third kappa shape index (κ3) is 1.57. The zero-order valence-electron chi connectivity index (χ0n) is 9.08. The smallest absolute Gasteiger partial charge is 0.429 e. The van der Waals surface area contributed by atoms with Crippen LogP contribution in [0.2, 0.25) is 0 Å². The number of ether oxygens (including phenoxy) is 3. The van der Waals surface area contributed by atoms with Crippen molar-refractivity contribution in [1.82, 2.24) is 0 Å². The van der Waals surface area contributed by atoms with Gasteiger partial charge in [0.05, 0.1) is 12.0 Å². The summed E-state index contributed by atoms with van der Waals surface area (Å²) in [6.45, 7) is 1.46. The quantitative estimate of drug-likeness (QED) is 0.332. The molecule has 0 saturated carbocycles. The van der Waals surface area contributed by atoms with Crippen molar-refractivity contribution >= 4 is 18.6 Å². The normalized spacial score (nSPS) is 44.8. The van der Waals surface area contributed by atoms with Gasteiger partial charge in [-0.1, -0.05) is 0 Å². The average molecular weight is 246 g/mol. The lowest BCUT2D eigenvalue weighted by atomic mass is 9.80. The molecule has 3 aliphatic rings. The van der Waals surface area contributed by atoms with Gasteiger partial charge < -0.3 is 19.0 Å². The Labute approximate surface area is 100 Å². The molecule has 0 aromatic rings. The van der Waals surface area contributed by atoms with Crippen LogP contribution in [0.25, 0.3) is 0 Å². The molecule has 0 radical (unpaired) electrons. The van der Waals surface area contributed by atoms with Gasteiger partial charge in [0.1, 0.15) is 12.7 Å². The Kier molecular flexibility index (Phi) is 2.85. The minimum Gasteiger partial charge on any atom is -0.429 e. The Morgan fingerprint density at radius 1 is 1.50 bits per heavy atom. The molecule has 3 saturated heterocycles. The van der Waals surface area contributed by atoms with E-state index in [4.69, 9.17) is 9.47 Å². The lowest BCUT2D eigenvalue weighted by molar-refractivity contribution is -0.137. The highest BCUT2D eigenvalue weighted by Crippen LogP contribution is 2.47. The van der Waals surface area contributed by atoms with Crippen molar-refractivity contribution in [3.8, 4) is 0 Å². The molecule has 2 N–H and O–H groups in total. The highest BCUT2D eigenvalue weighted by atomic mass is 32.1. The first-order valence-corrected chi connectivity index (χ1v) is 6.56. The first-order chi connectivity index (χ1) is 7.81. The Bertz CT molecular complexity index is 296. The lowest BCUT2D eigenvalue weighted by Crippen LogP contribution is -2.40. The number of carbonyl (C=O) groups excluding carboxylic acids is 1. The zero-order valence-corrected chi connectivity index (χ0v) is 9.97. The van der Waals surface area contributed by atoms with E-state index >= 15 is 0 Å². The molecule has 16 heavy (non-hydrogen) atoms. The van der Waals surface area contributed by atoms with E-state index in [1.54, 1.807) is 0 Å². The van der Waals surface area contributed by atoms with Crippen LogP contribution in [0.5, 0.6) is 0 Å². The molecule has 0 aromatic heterocycles. The number of thiol groups is 1. The van der Waals surface area contributed by atoms with Crippen molar-refractivity contribution < 1.29 is 19.0 Å². The highest BCUT2D eigenvalue weighted by Gasteiger charge is 2.66. The maximum Gasteiger partial charge on any atom is 0.489 e. The van der Waals surface area contributed by atoms with Crippen LogP contribution in [0.15, 0.2) is 0 Å². The van der Waals surface area contributed by atoms with Crippen molar-refractivity contribution in [2.45, 2.75) is 31.2 Å². The van der Waals surface area contributed by atoms with Gasteiger partial charge in [0, 0.05) is 12.8 Å². The van der Waals surface area contributed by atoms with Gasteiger partial charge in [0.25, 0.3) is 0 Å². The first kappa shape index (κ1) is 10.9. The number of esters is 1. The van der Waals surface area contributed by atoms with E-state index in [0.717, 1.165) is 25.2 Å². The molecular formula is C11H18O4S+2. The summed E-state index contributed by atoms with van der Waals surface area (Å²) < 4.78 is 15.8. The fourth-order valence-electron chi connectivity index (χ4n) is 3.14. The van der Waals surface area contributed by atoms with Crippen LogP contribution in [-0.4, -0.2) is 52.8 Å². The van der Waals surface area contributed by atoms with Crippen molar-refractivity contribution in [1.29, 1.82) is 0 Å². The van der Waals surface area contributed by atoms with Gasteiger partial charge in [-0.25, -0.2) is 0 Å². The third-order valence-corrected chi connectivity index (χ3v) is 4.17. The molecule has 0 aliphatic carbocycles. The number of cyclic esters (lactones) is 1. The number of fused-ring (bicyclic) bond motifs is 5. The summed E-state index contributed by atoms with van der Waals surface area (Å²) in [5, 5.41) is 0. The summed E-state index contributed by atoms with van der Waals surface area (Å²) in [4.78, 5) is 9.60. The topological polar surface area (TPSA) is 52.7 Å². The molecule has 2 bridgehead atoms. The van der Waals surface area contributed by atoms with Crippen LogP contribution in [-0.2, 0) is 9.47 Å². The van der Waals surface area contributed by atoms with Crippen molar-refractivity contribution in [3.63, 3.8) is 0 Å². The molecule has 5 atom stereocenters. The van der Waals surface area contributed by atoms with E-state index < -0.39 is 0 Å². The second kappa shape index (κ2) is 4.20. The summed E-state index contributed by atoms with van der Waals surface area (Å²) >= 11 is 4.18. The molecule has 0 aromatic carbocycles. The summed E-state index contributed by atoms with van der Waals surface area (Å²) in [6, 6.07) is 0. The van der Waals surface area contributed by atoms with Crippen LogP contribution >= 0.6 is 12.6 Å². The predicted molar refractivity (Wildman–Crippen MR) is 62.5 cm³/mol. The Balaban J connectivity index is 1.61. The molecule has 5 unspecified atom stereocenters. The summed E-state index contributed by atoms with van der Waals surface area (Å²) in [6.07, 6.45) is 2.56. The molecule has 5 heteroatoms. The van der Waals surface area contributed by atoms with E-state index in [9.17, 15) is 4.79 Å². The van der Waals surface area contributed by atoms with Gasteiger partial charge in [0.15, 0.2) is 18.6 Å². The van der Waals surface area contributed by atoms with Gasteiger partial charge in [-0.2, -0.15) is 12.6 Å². The predicted octanol–water partition coefficient (Wildman–Crippen LogP) is 0.139. The van der Waals surface area contributed by atoms with Crippen LogP contribution in [0.3, 0.4) is 0 Å². The largest absolute Gasteiger partial charge is 0.489 e. The maximum atomic E-state index is 9.60. The second-order valence-corrected chi connectivity index (χ2v) is 5.21. The molecule has 0 spiro atoms.